The molecule has 2 amide bonds. The summed E-state index contributed by atoms with van der Waals surface area (Å²) in [5.74, 6) is -1.77. The molecule has 0 spiro atoms. The summed E-state index contributed by atoms with van der Waals surface area (Å²) >= 11 is 0. The number of hydrogen-bond donors (Lipinski definition) is 1. The zero-order chi connectivity index (χ0) is 19.2. The molecule has 1 atom stereocenters. The lowest BCUT2D eigenvalue weighted by atomic mass is 10.1. The largest absolute Gasteiger partial charge is 0.494 e. The van der Waals surface area contributed by atoms with Crippen LogP contribution in [0, 0.1) is 5.92 Å². The Hall–Kier alpha value is -3.15. The van der Waals surface area contributed by atoms with Crippen molar-refractivity contribution < 1.29 is 19.1 Å². The zero-order valence-corrected chi connectivity index (χ0v) is 15.2. The standard InChI is InChI=1S/C21H22N2O4/c1-23-14-18(19(24)21(23)26)20(25)22-11-6-12-27-17-10-5-9-16(13-17)15-7-3-2-4-8-15/h2-5,7-10,13,18H,6,11-12,14H2,1H3,(H,22,25). The topological polar surface area (TPSA) is 75.7 Å². The number of amides is 2. The Morgan fingerprint density at radius 1 is 1.11 bits per heavy atom. The summed E-state index contributed by atoms with van der Waals surface area (Å²) < 4.78 is 5.75. The number of ether oxygens (including phenoxy) is 1. The van der Waals surface area contributed by atoms with Crippen LogP contribution in [0.4, 0.5) is 0 Å². The quantitative estimate of drug-likeness (QED) is 0.461. The maximum absolute atomic E-state index is 12.0. The number of Topliss-reactive ketones (excluding diaryl/α,β-unsaturated/α-hetero) is 1. The minimum atomic E-state index is -0.897. The first-order chi connectivity index (χ1) is 13.1. The molecule has 1 unspecified atom stereocenters. The van der Waals surface area contributed by atoms with E-state index >= 15 is 0 Å². The Kier molecular flexibility index (Phi) is 5.86. The van der Waals surface area contributed by atoms with E-state index in [1.807, 2.05) is 54.6 Å². The molecule has 0 saturated carbocycles. The summed E-state index contributed by atoms with van der Waals surface area (Å²) in [5.41, 5.74) is 2.20. The highest BCUT2D eigenvalue weighted by Gasteiger charge is 2.41. The summed E-state index contributed by atoms with van der Waals surface area (Å²) in [4.78, 5) is 36.5. The van der Waals surface area contributed by atoms with E-state index in [0.29, 0.717) is 19.6 Å². The summed E-state index contributed by atoms with van der Waals surface area (Å²) in [7, 11) is 1.52. The van der Waals surface area contributed by atoms with Crippen LogP contribution in [-0.4, -0.2) is 49.2 Å². The maximum atomic E-state index is 12.0. The minimum absolute atomic E-state index is 0.145. The van der Waals surface area contributed by atoms with Gasteiger partial charge in [-0.25, -0.2) is 0 Å². The number of likely N-dealkylation sites (tertiary alicyclic amines) is 1. The van der Waals surface area contributed by atoms with Crippen LogP contribution in [-0.2, 0) is 14.4 Å². The Balaban J connectivity index is 1.43. The van der Waals surface area contributed by atoms with Crippen molar-refractivity contribution in [1.82, 2.24) is 10.2 Å². The summed E-state index contributed by atoms with van der Waals surface area (Å²) in [6, 6.07) is 17.9. The van der Waals surface area contributed by atoms with Crippen LogP contribution in [0.15, 0.2) is 54.6 Å². The van der Waals surface area contributed by atoms with E-state index in [4.69, 9.17) is 4.74 Å². The van der Waals surface area contributed by atoms with Crippen molar-refractivity contribution >= 4 is 17.6 Å². The van der Waals surface area contributed by atoms with Crippen LogP contribution in [0.1, 0.15) is 6.42 Å². The van der Waals surface area contributed by atoms with E-state index in [1.54, 1.807) is 0 Å². The van der Waals surface area contributed by atoms with Gasteiger partial charge in [-0.05, 0) is 29.7 Å². The average Bonchev–Trinajstić information content (AvgIpc) is 2.96. The highest BCUT2D eigenvalue weighted by molar-refractivity contribution is 6.42. The molecule has 6 nitrogen and oxygen atoms in total. The fourth-order valence-electron chi connectivity index (χ4n) is 2.97. The first kappa shape index (κ1) is 18.6. The van der Waals surface area contributed by atoms with Gasteiger partial charge in [0.1, 0.15) is 11.7 Å². The second kappa shape index (κ2) is 8.49. The summed E-state index contributed by atoms with van der Waals surface area (Å²) in [5, 5.41) is 2.70. The zero-order valence-electron chi connectivity index (χ0n) is 15.2. The lowest BCUT2D eigenvalue weighted by molar-refractivity contribution is -0.142. The van der Waals surface area contributed by atoms with Crippen LogP contribution >= 0.6 is 0 Å². The monoisotopic (exact) mass is 366 g/mol. The molecule has 0 radical (unpaired) electrons. The van der Waals surface area contributed by atoms with Crippen molar-refractivity contribution in [3.05, 3.63) is 54.6 Å². The third kappa shape index (κ3) is 4.53. The second-order valence-electron chi connectivity index (χ2n) is 6.49. The molecule has 27 heavy (non-hydrogen) atoms. The molecule has 1 aliphatic heterocycles. The second-order valence-corrected chi connectivity index (χ2v) is 6.49. The van der Waals surface area contributed by atoms with Crippen molar-refractivity contribution in [2.24, 2.45) is 5.92 Å². The fourth-order valence-corrected chi connectivity index (χ4v) is 2.97. The van der Waals surface area contributed by atoms with Gasteiger partial charge in [-0.2, -0.15) is 0 Å². The summed E-state index contributed by atoms with van der Waals surface area (Å²) in [6.07, 6.45) is 0.603. The molecule has 1 N–H and O–H groups in total. The number of carbonyl (C=O) groups is 3. The number of hydrogen-bond acceptors (Lipinski definition) is 4. The average molecular weight is 366 g/mol. The predicted octanol–water partition coefficient (Wildman–Crippen LogP) is 1.90. The van der Waals surface area contributed by atoms with Gasteiger partial charge < -0.3 is 15.0 Å². The number of nitrogens with one attached hydrogen (secondary N) is 1. The first-order valence-electron chi connectivity index (χ1n) is 8.91. The van der Waals surface area contributed by atoms with Crippen molar-refractivity contribution in [3.63, 3.8) is 0 Å². The molecule has 1 heterocycles. The van der Waals surface area contributed by atoms with Crippen molar-refractivity contribution in [1.29, 1.82) is 0 Å². The third-order valence-electron chi connectivity index (χ3n) is 4.48. The van der Waals surface area contributed by atoms with Gasteiger partial charge in [0.05, 0.1) is 6.61 Å². The van der Waals surface area contributed by atoms with Gasteiger partial charge in [0.2, 0.25) is 11.7 Å². The first-order valence-corrected chi connectivity index (χ1v) is 8.91. The van der Waals surface area contributed by atoms with Crippen LogP contribution < -0.4 is 10.1 Å². The lowest BCUT2D eigenvalue weighted by Gasteiger charge is -2.11. The molecule has 140 valence electrons. The number of ketones is 1. The van der Waals surface area contributed by atoms with E-state index in [9.17, 15) is 14.4 Å². The molecule has 6 heteroatoms. The third-order valence-corrected chi connectivity index (χ3v) is 4.48. The molecule has 2 aromatic carbocycles. The fraction of sp³-hybridized carbons (Fsp3) is 0.286. The van der Waals surface area contributed by atoms with Gasteiger partial charge in [0.25, 0.3) is 5.91 Å². The molecular formula is C21H22N2O4. The van der Waals surface area contributed by atoms with E-state index in [2.05, 4.69) is 5.32 Å². The molecule has 0 bridgehead atoms. The maximum Gasteiger partial charge on any atom is 0.290 e. The number of nitrogens with zero attached hydrogens (tertiary/aromatic N) is 1. The Labute approximate surface area is 158 Å². The number of benzene rings is 2. The van der Waals surface area contributed by atoms with Gasteiger partial charge in [-0.3, -0.25) is 14.4 Å². The van der Waals surface area contributed by atoms with E-state index in [-0.39, 0.29) is 6.54 Å². The number of rotatable bonds is 7. The molecule has 3 rings (SSSR count). The smallest absolute Gasteiger partial charge is 0.290 e. The van der Waals surface area contributed by atoms with E-state index in [0.717, 1.165) is 16.9 Å². The van der Waals surface area contributed by atoms with Gasteiger partial charge in [0.15, 0.2) is 0 Å². The van der Waals surface area contributed by atoms with Crippen molar-refractivity contribution in [2.45, 2.75) is 6.42 Å². The highest BCUT2D eigenvalue weighted by Crippen LogP contribution is 2.23. The van der Waals surface area contributed by atoms with Crippen LogP contribution in [0.3, 0.4) is 0 Å². The Morgan fingerprint density at radius 2 is 1.85 bits per heavy atom. The molecular weight excluding hydrogens is 344 g/mol. The predicted molar refractivity (Wildman–Crippen MR) is 101 cm³/mol. The normalized spacial score (nSPS) is 16.5. The van der Waals surface area contributed by atoms with Crippen LogP contribution in [0.5, 0.6) is 5.75 Å². The molecule has 1 saturated heterocycles. The SMILES string of the molecule is CN1CC(C(=O)NCCCOc2cccc(-c3ccccc3)c2)C(=O)C1=O. The van der Waals surface area contributed by atoms with Crippen LogP contribution in [0.2, 0.25) is 0 Å². The van der Waals surface area contributed by atoms with E-state index in [1.165, 1.54) is 11.9 Å². The van der Waals surface area contributed by atoms with Gasteiger partial charge >= 0.3 is 0 Å². The van der Waals surface area contributed by atoms with Gasteiger partial charge in [-0.15, -0.1) is 0 Å². The number of carbonyl (C=O) groups excluding carboxylic acids is 3. The Bertz CT molecular complexity index is 835. The molecule has 1 fully saturated rings. The van der Waals surface area contributed by atoms with Gasteiger partial charge in [0, 0.05) is 20.1 Å². The van der Waals surface area contributed by atoms with Crippen LogP contribution in [0.25, 0.3) is 11.1 Å². The molecule has 0 aliphatic carbocycles. The molecule has 2 aromatic rings. The Morgan fingerprint density at radius 3 is 2.56 bits per heavy atom. The van der Waals surface area contributed by atoms with Crippen molar-refractivity contribution in [2.75, 3.05) is 26.7 Å². The summed E-state index contributed by atoms with van der Waals surface area (Å²) in [6.45, 7) is 0.973. The number of likely N-dealkylation sites (N-methyl/N-ethyl adjacent to an activating group) is 1. The van der Waals surface area contributed by atoms with Crippen molar-refractivity contribution in [3.8, 4) is 16.9 Å². The highest BCUT2D eigenvalue weighted by atomic mass is 16.5. The van der Waals surface area contributed by atoms with E-state index < -0.39 is 23.5 Å². The molecule has 0 aromatic heterocycles. The molecule has 1 aliphatic rings. The lowest BCUT2D eigenvalue weighted by Crippen LogP contribution is -2.36. The minimum Gasteiger partial charge on any atom is -0.494 e. The van der Waals surface area contributed by atoms with Gasteiger partial charge in [-0.1, -0.05) is 42.5 Å².